The molecule has 1 aromatic rings. The molecule has 0 saturated carbocycles. The van der Waals surface area contributed by atoms with Gasteiger partial charge in [0.25, 0.3) is 0 Å². The number of Topliss-reactive ketones (excluding diaryl/α,β-unsaturated/α-hetero) is 2. The highest BCUT2D eigenvalue weighted by Gasteiger charge is 2.30. The number of fused-ring (bicyclic) bond motifs is 1. The topological polar surface area (TPSA) is 57.7 Å². The number of piperazine rings is 1. The number of rotatable bonds is 6. The number of likely N-dealkylation sites (N-methyl/N-ethyl adjacent to an activating group) is 1. The maximum Gasteiger partial charge on any atom is 0.249 e. The fraction of sp³-hybridized carbons (Fsp3) is 0.458. The van der Waals surface area contributed by atoms with Gasteiger partial charge in [0.1, 0.15) is 0 Å². The molecule has 1 heterocycles. The van der Waals surface area contributed by atoms with Crippen molar-refractivity contribution >= 4 is 17.5 Å². The van der Waals surface area contributed by atoms with Crippen LogP contribution in [-0.4, -0.2) is 60.0 Å². The average molecular weight is 395 g/mol. The Hall–Kier alpha value is -2.53. The number of hydrogen-bond donors (Lipinski definition) is 0. The summed E-state index contributed by atoms with van der Waals surface area (Å²) in [6.07, 6.45) is 4.14. The Morgan fingerprint density at radius 3 is 2.21 bits per heavy atom. The van der Waals surface area contributed by atoms with Crippen LogP contribution in [0.15, 0.2) is 47.1 Å². The zero-order chi connectivity index (χ0) is 21.0. The molecule has 5 heteroatoms. The maximum atomic E-state index is 13.2. The Morgan fingerprint density at radius 2 is 1.62 bits per heavy atom. The fourth-order valence-electron chi connectivity index (χ4n) is 3.95. The van der Waals surface area contributed by atoms with E-state index >= 15 is 0 Å². The average Bonchev–Trinajstić information content (AvgIpc) is 2.76. The van der Waals surface area contributed by atoms with Crippen LogP contribution in [0.3, 0.4) is 0 Å². The highest BCUT2D eigenvalue weighted by molar-refractivity contribution is 6.28. The van der Waals surface area contributed by atoms with Gasteiger partial charge in [-0.25, -0.2) is 0 Å². The van der Waals surface area contributed by atoms with Gasteiger partial charge >= 0.3 is 0 Å². The number of nitrogens with zero attached hydrogens (tertiary/aromatic N) is 2. The third-order valence-corrected chi connectivity index (χ3v) is 5.91. The van der Waals surface area contributed by atoms with Crippen LogP contribution in [0.1, 0.15) is 60.7 Å². The second-order valence-electron chi connectivity index (χ2n) is 7.74. The van der Waals surface area contributed by atoms with Crippen LogP contribution in [-0.2, 0) is 4.79 Å². The molecule has 29 heavy (non-hydrogen) atoms. The second kappa shape index (κ2) is 9.31. The van der Waals surface area contributed by atoms with E-state index in [9.17, 15) is 14.4 Å². The molecule has 0 spiro atoms. The van der Waals surface area contributed by atoms with Gasteiger partial charge in [0.15, 0.2) is 11.6 Å². The van der Waals surface area contributed by atoms with Gasteiger partial charge in [-0.3, -0.25) is 14.4 Å². The van der Waals surface area contributed by atoms with Gasteiger partial charge in [0, 0.05) is 54.0 Å². The summed E-state index contributed by atoms with van der Waals surface area (Å²) in [4.78, 5) is 43.3. The molecular weight excluding hydrogens is 364 g/mol. The van der Waals surface area contributed by atoms with E-state index in [2.05, 4.69) is 18.7 Å². The molecule has 0 unspecified atom stereocenters. The van der Waals surface area contributed by atoms with Crippen molar-refractivity contribution in [3.63, 3.8) is 0 Å². The van der Waals surface area contributed by atoms with E-state index < -0.39 is 0 Å². The lowest BCUT2D eigenvalue weighted by Gasteiger charge is -2.34. The van der Waals surface area contributed by atoms with Crippen LogP contribution in [0.4, 0.5) is 0 Å². The standard InChI is InChI=1S/C24H30N2O3/c1-4-6-9-18(24(29)26-14-12-25(5-2)13-15-26)16-21-17(3)22(27)19-10-7-8-11-20(19)23(21)28/h7-8,10-11,16H,4-6,9,12-15H2,1-3H3/b18-16+. The molecule has 2 aliphatic rings. The summed E-state index contributed by atoms with van der Waals surface area (Å²) < 4.78 is 0. The van der Waals surface area contributed by atoms with Crippen LogP contribution in [0, 0.1) is 0 Å². The first-order valence-electron chi connectivity index (χ1n) is 10.6. The smallest absolute Gasteiger partial charge is 0.249 e. The molecule has 0 N–H and O–H groups in total. The van der Waals surface area contributed by atoms with Crippen LogP contribution in [0.5, 0.6) is 0 Å². The van der Waals surface area contributed by atoms with Gasteiger partial charge in [0.05, 0.1) is 0 Å². The van der Waals surface area contributed by atoms with E-state index in [-0.39, 0.29) is 17.5 Å². The summed E-state index contributed by atoms with van der Waals surface area (Å²) in [5.41, 5.74) is 2.29. The lowest BCUT2D eigenvalue weighted by Crippen LogP contribution is -2.48. The van der Waals surface area contributed by atoms with E-state index in [1.165, 1.54) is 0 Å². The Kier molecular flexibility index (Phi) is 6.80. The van der Waals surface area contributed by atoms with Crippen molar-refractivity contribution in [2.45, 2.75) is 40.0 Å². The maximum absolute atomic E-state index is 13.2. The predicted octanol–water partition coefficient (Wildman–Crippen LogP) is 3.66. The molecule has 0 atom stereocenters. The van der Waals surface area contributed by atoms with Crippen LogP contribution < -0.4 is 0 Å². The number of hydrogen-bond acceptors (Lipinski definition) is 4. The van der Waals surface area contributed by atoms with E-state index in [1.807, 2.05) is 4.90 Å². The summed E-state index contributed by atoms with van der Waals surface area (Å²) in [6, 6.07) is 6.91. The second-order valence-corrected chi connectivity index (χ2v) is 7.74. The van der Waals surface area contributed by atoms with Gasteiger partial charge in [0.2, 0.25) is 5.91 Å². The number of allylic oxidation sites excluding steroid dienone is 3. The van der Waals surface area contributed by atoms with E-state index in [0.717, 1.165) is 32.5 Å². The van der Waals surface area contributed by atoms with Crippen LogP contribution in [0.2, 0.25) is 0 Å². The molecule has 1 aromatic carbocycles. The number of benzene rings is 1. The molecule has 3 rings (SSSR count). The summed E-state index contributed by atoms with van der Waals surface area (Å²) in [7, 11) is 0. The minimum atomic E-state index is -0.171. The van der Waals surface area contributed by atoms with Crippen molar-refractivity contribution in [1.82, 2.24) is 9.80 Å². The summed E-state index contributed by atoms with van der Waals surface area (Å²) in [6.45, 7) is 10.0. The van der Waals surface area contributed by atoms with Crippen molar-refractivity contribution in [3.8, 4) is 0 Å². The number of ketones is 2. The minimum Gasteiger partial charge on any atom is -0.336 e. The Labute approximate surface area is 173 Å². The number of carbonyl (C=O) groups excluding carboxylic acids is 3. The molecular formula is C24H30N2O3. The van der Waals surface area contributed by atoms with Crippen molar-refractivity contribution in [2.75, 3.05) is 32.7 Å². The molecule has 0 aromatic heterocycles. The Balaban J connectivity index is 1.92. The van der Waals surface area contributed by atoms with Gasteiger partial charge in [-0.1, -0.05) is 44.5 Å². The fourth-order valence-corrected chi connectivity index (χ4v) is 3.95. The molecule has 1 aliphatic heterocycles. The molecule has 0 bridgehead atoms. The van der Waals surface area contributed by atoms with Crippen molar-refractivity contribution in [2.24, 2.45) is 0 Å². The van der Waals surface area contributed by atoms with Gasteiger partial charge in [-0.15, -0.1) is 0 Å². The third-order valence-electron chi connectivity index (χ3n) is 5.91. The summed E-state index contributed by atoms with van der Waals surface area (Å²) in [5, 5.41) is 0. The molecule has 154 valence electrons. The lowest BCUT2D eigenvalue weighted by molar-refractivity contribution is -0.129. The molecule has 1 fully saturated rings. The minimum absolute atomic E-state index is 0.00592. The van der Waals surface area contributed by atoms with Crippen LogP contribution >= 0.6 is 0 Å². The first kappa shape index (κ1) is 21.2. The van der Waals surface area contributed by atoms with Gasteiger partial charge < -0.3 is 9.80 Å². The Bertz CT molecular complexity index is 874. The summed E-state index contributed by atoms with van der Waals surface area (Å²) in [5.74, 6) is -0.311. The van der Waals surface area contributed by atoms with Crippen molar-refractivity contribution < 1.29 is 14.4 Å². The molecule has 1 aliphatic carbocycles. The molecule has 1 amide bonds. The van der Waals surface area contributed by atoms with Crippen LogP contribution in [0.25, 0.3) is 0 Å². The third kappa shape index (κ3) is 4.40. The van der Waals surface area contributed by atoms with Crippen molar-refractivity contribution in [1.29, 1.82) is 0 Å². The SMILES string of the molecule is CCCC/C(=C\C1=C(C)C(=O)c2ccccc2C1=O)C(=O)N1CCN(CC)CC1. The van der Waals surface area contributed by atoms with Gasteiger partial charge in [-0.2, -0.15) is 0 Å². The number of amides is 1. The first-order chi connectivity index (χ1) is 14.0. The summed E-state index contributed by atoms with van der Waals surface area (Å²) >= 11 is 0. The van der Waals surface area contributed by atoms with E-state index in [4.69, 9.17) is 0 Å². The quantitative estimate of drug-likeness (QED) is 0.691. The lowest BCUT2D eigenvalue weighted by atomic mass is 9.83. The normalized spacial score (nSPS) is 18.3. The highest BCUT2D eigenvalue weighted by Crippen LogP contribution is 2.28. The first-order valence-corrected chi connectivity index (χ1v) is 10.6. The van der Waals surface area contributed by atoms with Crippen molar-refractivity contribution in [3.05, 3.63) is 58.2 Å². The monoisotopic (exact) mass is 394 g/mol. The molecule has 5 nitrogen and oxygen atoms in total. The largest absolute Gasteiger partial charge is 0.336 e. The number of unbranched alkanes of at least 4 members (excludes halogenated alkanes) is 1. The Morgan fingerprint density at radius 1 is 1.00 bits per heavy atom. The predicted molar refractivity (Wildman–Crippen MR) is 114 cm³/mol. The number of carbonyl (C=O) groups is 3. The van der Waals surface area contributed by atoms with E-state index in [1.54, 1.807) is 37.3 Å². The zero-order valence-corrected chi connectivity index (χ0v) is 17.7. The highest BCUT2D eigenvalue weighted by atomic mass is 16.2. The zero-order valence-electron chi connectivity index (χ0n) is 17.7. The van der Waals surface area contributed by atoms with Gasteiger partial charge in [-0.05, 0) is 32.4 Å². The van der Waals surface area contributed by atoms with E-state index in [0.29, 0.717) is 47.4 Å². The molecule has 1 saturated heterocycles. The molecule has 0 radical (unpaired) electrons.